The molecular formula is C10H10F3N3O. The van der Waals surface area contributed by atoms with E-state index in [2.05, 4.69) is 9.72 Å². The van der Waals surface area contributed by atoms with E-state index < -0.39 is 12.1 Å². The van der Waals surface area contributed by atoms with Crippen LogP contribution in [-0.4, -0.2) is 11.3 Å². The number of pyridine rings is 1. The molecule has 0 aliphatic heterocycles. The number of nitrogens with zero attached hydrogens (tertiary/aromatic N) is 2. The van der Waals surface area contributed by atoms with Gasteiger partial charge < -0.3 is 10.5 Å². The van der Waals surface area contributed by atoms with Crippen LogP contribution in [0.4, 0.5) is 13.2 Å². The van der Waals surface area contributed by atoms with Crippen molar-refractivity contribution in [2.45, 2.75) is 26.3 Å². The predicted octanol–water partition coefficient (Wildman–Crippen LogP) is 1.81. The van der Waals surface area contributed by atoms with Crippen molar-refractivity contribution in [3.8, 4) is 11.8 Å². The number of nitriles is 1. The molecule has 0 saturated heterocycles. The van der Waals surface area contributed by atoms with Crippen LogP contribution < -0.4 is 10.5 Å². The van der Waals surface area contributed by atoms with Gasteiger partial charge in [-0.3, -0.25) is 4.98 Å². The van der Waals surface area contributed by atoms with E-state index in [0.29, 0.717) is 11.3 Å². The third-order valence-electron chi connectivity index (χ3n) is 2.02. The second kappa shape index (κ2) is 5.01. The Bertz CT molecular complexity index is 451. The van der Waals surface area contributed by atoms with Gasteiger partial charge in [0.1, 0.15) is 0 Å². The summed E-state index contributed by atoms with van der Waals surface area (Å²) >= 11 is 0. The Morgan fingerprint density at radius 2 is 2.12 bits per heavy atom. The number of hydrogen-bond acceptors (Lipinski definition) is 4. The summed E-state index contributed by atoms with van der Waals surface area (Å²) in [6, 6.07) is 2.92. The molecule has 0 bridgehead atoms. The molecule has 17 heavy (non-hydrogen) atoms. The number of ether oxygens (including phenoxy) is 1. The van der Waals surface area contributed by atoms with Crippen LogP contribution in [0.5, 0.6) is 5.75 Å². The lowest BCUT2D eigenvalue weighted by atomic mass is 10.1. The molecule has 0 radical (unpaired) electrons. The van der Waals surface area contributed by atoms with Crippen LogP contribution in [0.3, 0.4) is 0 Å². The molecule has 1 aromatic rings. The SMILES string of the molecule is Cc1cc(OC(F)(F)F)c(CC#N)nc1CN. The minimum atomic E-state index is -4.80. The predicted molar refractivity (Wildman–Crippen MR) is 52.9 cm³/mol. The topological polar surface area (TPSA) is 71.9 Å². The Morgan fingerprint density at radius 1 is 1.47 bits per heavy atom. The lowest BCUT2D eigenvalue weighted by Crippen LogP contribution is -2.19. The molecule has 0 unspecified atom stereocenters. The summed E-state index contributed by atoms with van der Waals surface area (Å²) in [5.41, 5.74) is 6.27. The molecule has 0 aliphatic carbocycles. The average molecular weight is 245 g/mol. The van der Waals surface area contributed by atoms with Gasteiger partial charge in [-0.2, -0.15) is 5.26 Å². The number of nitrogens with two attached hydrogens (primary N) is 1. The standard InChI is InChI=1S/C10H10F3N3O/c1-6-4-9(17-10(11,12)13)7(2-3-14)16-8(6)5-15/h4H,2,5,15H2,1H3. The number of rotatable bonds is 3. The van der Waals surface area contributed by atoms with Crippen molar-refractivity contribution < 1.29 is 17.9 Å². The highest BCUT2D eigenvalue weighted by Crippen LogP contribution is 2.27. The number of hydrogen-bond donors (Lipinski definition) is 1. The molecule has 0 fully saturated rings. The number of alkyl halides is 3. The van der Waals surface area contributed by atoms with E-state index in [0.717, 1.165) is 0 Å². The summed E-state index contributed by atoms with van der Waals surface area (Å²) in [6.45, 7) is 1.67. The second-order valence-corrected chi connectivity index (χ2v) is 3.28. The quantitative estimate of drug-likeness (QED) is 0.881. The Morgan fingerprint density at radius 3 is 2.59 bits per heavy atom. The van der Waals surface area contributed by atoms with Crippen molar-refractivity contribution in [1.82, 2.24) is 4.98 Å². The van der Waals surface area contributed by atoms with Gasteiger partial charge in [0.15, 0.2) is 5.75 Å². The number of aryl methyl sites for hydroxylation is 1. The van der Waals surface area contributed by atoms with Crippen molar-refractivity contribution in [2.24, 2.45) is 5.73 Å². The molecule has 0 atom stereocenters. The van der Waals surface area contributed by atoms with Gasteiger partial charge in [0.05, 0.1) is 23.9 Å². The van der Waals surface area contributed by atoms with Gasteiger partial charge in [-0.25, -0.2) is 0 Å². The highest BCUT2D eigenvalue weighted by Gasteiger charge is 2.32. The molecule has 1 aromatic heterocycles. The van der Waals surface area contributed by atoms with Crippen LogP contribution in [0.25, 0.3) is 0 Å². The molecule has 0 saturated carbocycles. The summed E-state index contributed by atoms with van der Waals surface area (Å²) < 4.78 is 40.2. The first-order valence-electron chi connectivity index (χ1n) is 4.69. The number of halogens is 3. The average Bonchev–Trinajstić information content (AvgIpc) is 2.20. The van der Waals surface area contributed by atoms with E-state index in [1.807, 2.05) is 0 Å². The Labute approximate surface area is 95.8 Å². The molecule has 2 N–H and O–H groups in total. The second-order valence-electron chi connectivity index (χ2n) is 3.28. The smallest absolute Gasteiger partial charge is 0.404 e. The summed E-state index contributed by atoms with van der Waals surface area (Å²) in [5, 5.41) is 8.52. The van der Waals surface area contributed by atoms with E-state index >= 15 is 0 Å². The molecule has 7 heteroatoms. The van der Waals surface area contributed by atoms with Crippen molar-refractivity contribution in [3.63, 3.8) is 0 Å². The van der Waals surface area contributed by atoms with Crippen molar-refractivity contribution >= 4 is 0 Å². The van der Waals surface area contributed by atoms with Crippen LogP contribution in [0.15, 0.2) is 6.07 Å². The van der Waals surface area contributed by atoms with E-state index in [-0.39, 0.29) is 18.7 Å². The van der Waals surface area contributed by atoms with Gasteiger partial charge in [0, 0.05) is 6.54 Å². The van der Waals surface area contributed by atoms with Crippen LogP contribution in [-0.2, 0) is 13.0 Å². The number of aromatic nitrogens is 1. The Hall–Kier alpha value is -1.81. The van der Waals surface area contributed by atoms with Gasteiger partial charge in [-0.1, -0.05) is 0 Å². The Kier molecular flexibility index (Phi) is 3.91. The molecule has 4 nitrogen and oxygen atoms in total. The summed E-state index contributed by atoms with van der Waals surface area (Å²) in [5.74, 6) is -0.450. The normalized spacial score (nSPS) is 11.1. The molecule has 1 heterocycles. The zero-order chi connectivity index (χ0) is 13.1. The molecule has 1 rings (SSSR count). The zero-order valence-electron chi connectivity index (χ0n) is 9.01. The maximum atomic E-state index is 12.1. The van der Waals surface area contributed by atoms with Crippen molar-refractivity contribution in [2.75, 3.05) is 0 Å². The first-order chi connectivity index (χ1) is 7.87. The van der Waals surface area contributed by atoms with Gasteiger partial charge in [0.25, 0.3) is 0 Å². The summed E-state index contributed by atoms with van der Waals surface area (Å²) in [6.07, 6.45) is -5.07. The zero-order valence-corrected chi connectivity index (χ0v) is 9.01. The largest absolute Gasteiger partial charge is 0.573 e. The fourth-order valence-electron chi connectivity index (χ4n) is 1.29. The lowest BCUT2D eigenvalue weighted by molar-refractivity contribution is -0.275. The van der Waals surface area contributed by atoms with Crippen LogP contribution in [0.1, 0.15) is 17.0 Å². The molecule has 0 amide bonds. The summed E-state index contributed by atoms with van der Waals surface area (Å²) in [7, 11) is 0. The first-order valence-corrected chi connectivity index (χ1v) is 4.69. The maximum Gasteiger partial charge on any atom is 0.573 e. The van der Waals surface area contributed by atoms with Crippen molar-refractivity contribution in [1.29, 1.82) is 5.26 Å². The van der Waals surface area contributed by atoms with E-state index in [1.165, 1.54) is 6.07 Å². The van der Waals surface area contributed by atoms with Crippen LogP contribution >= 0.6 is 0 Å². The minimum absolute atomic E-state index is 0.0594. The third-order valence-corrected chi connectivity index (χ3v) is 2.02. The first kappa shape index (κ1) is 13.3. The Balaban J connectivity index is 3.19. The lowest BCUT2D eigenvalue weighted by Gasteiger charge is -2.13. The van der Waals surface area contributed by atoms with E-state index in [9.17, 15) is 13.2 Å². The van der Waals surface area contributed by atoms with Gasteiger partial charge >= 0.3 is 6.36 Å². The molecule has 92 valence electrons. The third kappa shape index (κ3) is 3.60. The van der Waals surface area contributed by atoms with Gasteiger partial charge in [0.2, 0.25) is 0 Å². The fraction of sp³-hybridized carbons (Fsp3) is 0.400. The van der Waals surface area contributed by atoms with Crippen LogP contribution in [0, 0.1) is 18.3 Å². The highest BCUT2D eigenvalue weighted by molar-refractivity contribution is 5.36. The van der Waals surface area contributed by atoms with E-state index in [4.69, 9.17) is 11.0 Å². The molecule has 0 aliphatic rings. The molecule has 0 spiro atoms. The van der Waals surface area contributed by atoms with Gasteiger partial charge in [-0.15, -0.1) is 13.2 Å². The molecule has 0 aromatic carbocycles. The highest BCUT2D eigenvalue weighted by atomic mass is 19.4. The minimum Gasteiger partial charge on any atom is -0.404 e. The maximum absolute atomic E-state index is 12.1. The monoisotopic (exact) mass is 245 g/mol. The van der Waals surface area contributed by atoms with E-state index in [1.54, 1.807) is 13.0 Å². The summed E-state index contributed by atoms with van der Waals surface area (Å²) in [4.78, 5) is 3.89. The van der Waals surface area contributed by atoms with Crippen molar-refractivity contribution in [3.05, 3.63) is 23.0 Å². The van der Waals surface area contributed by atoms with Crippen LogP contribution in [0.2, 0.25) is 0 Å². The molecular weight excluding hydrogens is 235 g/mol. The van der Waals surface area contributed by atoms with Gasteiger partial charge in [-0.05, 0) is 18.6 Å². The fourth-order valence-corrected chi connectivity index (χ4v) is 1.29.